The molecule has 51 heavy (non-hydrogen) atoms. The van der Waals surface area contributed by atoms with Crippen molar-refractivity contribution in [1.29, 1.82) is 0 Å². The van der Waals surface area contributed by atoms with Crippen molar-refractivity contribution in [3.05, 3.63) is 83.6 Å². The first kappa shape index (κ1) is 43.4. The third-order valence-corrected chi connectivity index (χ3v) is 11.6. The molecule has 0 bridgehead atoms. The molecule has 2 heterocycles. The molecule has 0 aliphatic carbocycles. The quantitative estimate of drug-likeness (QED) is 0.0778. The van der Waals surface area contributed by atoms with Gasteiger partial charge in [-0.1, -0.05) is 38.5 Å². The van der Waals surface area contributed by atoms with Crippen LogP contribution in [0.3, 0.4) is 0 Å². The van der Waals surface area contributed by atoms with E-state index in [2.05, 4.69) is 4.90 Å². The van der Waals surface area contributed by atoms with Gasteiger partial charge in [-0.15, -0.1) is 0 Å². The molecule has 0 spiro atoms. The minimum atomic E-state index is -4.49. The fourth-order valence-corrected chi connectivity index (χ4v) is 8.09. The van der Waals surface area contributed by atoms with E-state index in [1.807, 2.05) is 38.3 Å². The van der Waals surface area contributed by atoms with Gasteiger partial charge in [0, 0.05) is 59.6 Å². The summed E-state index contributed by atoms with van der Waals surface area (Å²) in [5.74, 6) is -1.44. The number of hydrogen-bond donors (Lipinski definition) is 3. The molecule has 2 aromatic rings. The van der Waals surface area contributed by atoms with Crippen molar-refractivity contribution in [2.24, 2.45) is 0 Å². The number of benzene rings is 2. The molecule has 3 N–H and O–H groups in total. The molecule has 0 atom stereocenters. The molecule has 272 valence electrons. The molecule has 13 nitrogen and oxygen atoms in total. The van der Waals surface area contributed by atoms with E-state index >= 15 is 0 Å². The van der Waals surface area contributed by atoms with Gasteiger partial charge in [-0.25, -0.2) is 8.42 Å². The van der Waals surface area contributed by atoms with Crippen LogP contribution in [0.5, 0.6) is 0 Å². The summed E-state index contributed by atoms with van der Waals surface area (Å²) < 4.78 is 103. The summed E-state index contributed by atoms with van der Waals surface area (Å²) in [6.07, 6.45) is 11.0. The van der Waals surface area contributed by atoms with E-state index in [4.69, 9.17) is 5.11 Å². The number of fused-ring (bicyclic) bond motifs is 2. The van der Waals surface area contributed by atoms with Crippen LogP contribution in [0.15, 0.2) is 82.3 Å². The Morgan fingerprint density at radius 3 is 2.02 bits per heavy atom. The average Bonchev–Trinajstić information content (AvgIpc) is 3.33. The zero-order valence-electron chi connectivity index (χ0n) is 29.2. The maximum atomic E-state index is 11.9. The van der Waals surface area contributed by atoms with Gasteiger partial charge in [0.2, 0.25) is 5.69 Å². The Morgan fingerprint density at radius 1 is 0.824 bits per heavy atom. The topological polar surface area (TPSA) is 209 Å². The Labute approximate surface area is 342 Å². The van der Waals surface area contributed by atoms with Gasteiger partial charge in [0.15, 0.2) is 5.71 Å². The molecule has 0 saturated carbocycles. The van der Waals surface area contributed by atoms with Gasteiger partial charge >= 0.3 is 57.4 Å². The number of unbranched alkanes of at least 4 members (excludes halogenated alkanes) is 2. The van der Waals surface area contributed by atoms with Crippen LogP contribution in [0, 0.1) is 0 Å². The van der Waals surface area contributed by atoms with Crippen molar-refractivity contribution in [3.63, 3.8) is 0 Å². The standard InChI is InChI=1S/C34H42N2O11S3.K/c1-33(2)26-22-24(49(42,43)44)15-17-28(26)35(19-10-6-9-14-32(37)38)30(33)12-7-5-8-13-31-34(3,4)27-23-25(50(45,46)47)16-18-29(27)36(31)20-11-21-48(39,40)41;/h5,7-8,12-13,15-18,22-23H,6,9-11,14,19-21H2,1-4H3,(H3-,37,38,39,40,41,42,43,44,45,46,47);/q;+1. The zero-order chi connectivity index (χ0) is 37.3. The van der Waals surface area contributed by atoms with E-state index in [0.717, 1.165) is 11.4 Å². The van der Waals surface area contributed by atoms with Gasteiger partial charge in [0.1, 0.15) is 6.54 Å². The van der Waals surface area contributed by atoms with Crippen LogP contribution in [0.25, 0.3) is 0 Å². The second kappa shape index (κ2) is 16.5. The summed E-state index contributed by atoms with van der Waals surface area (Å²) in [6, 6.07) is 8.64. The van der Waals surface area contributed by atoms with Crippen LogP contribution >= 0.6 is 0 Å². The Bertz CT molecular complexity index is 2140. The minimum Gasteiger partial charge on any atom is -0.748 e. The van der Waals surface area contributed by atoms with E-state index < -0.39 is 52.9 Å². The van der Waals surface area contributed by atoms with E-state index in [-0.39, 0.29) is 80.6 Å². The number of nitrogens with zero attached hydrogens (tertiary/aromatic N) is 2. The summed E-state index contributed by atoms with van der Waals surface area (Å²) in [6.45, 7) is 8.31. The normalized spacial score (nSPS) is 17.7. The van der Waals surface area contributed by atoms with Crippen LogP contribution in [-0.4, -0.2) is 79.1 Å². The Kier molecular flexibility index (Phi) is 14.1. The third-order valence-electron chi connectivity index (χ3n) is 9.10. The minimum absolute atomic E-state index is 0. The Balaban J connectivity index is 0.00000702. The summed E-state index contributed by atoms with van der Waals surface area (Å²) in [5.41, 5.74) is 2.80. The molecule has 0 saturated heterocycles. The van der Waals surface area contributed by atoms with Crippen molar-refractivity contribution in [3.8, 4) is 0 Å². The van der Waals surface area contributed by atoms with Gasteiger partial charge in [-0.05, 0) is 68.7 Å². The zero-order valence-corrected chi connectivity index (χ0v) is 34.8. The number of anilines is 1. The number of carbonyl (C=O) groups is 1. The van der Waals surface area contributed by atoms with E-state index in [1.54, 1.807) is 30.4 Å². The smallest absolute Gasteiger partial charge is 0.748 e. The molecule has 2 aliphatic rings. The fraction of sp³-hybridized carbons (Fsp3) is 0.412. The average molecular weight is 790 g/mol. The molecular formula is C34H42KN2O11S3+. The second-order valence-corrected chi connectivity index (χ2v) is 17.7. The molecule has 17 heteroatoms. The fourth-order valence-electron chi connectivity index (χ4n) is 6.59. The van der Waals surface area contributed by atoms with Gasteiger partial charge in [0.25, 0.3) is 20.2 Å². The third kappa shape index (κ3) is 10.3. The van der Waals surface area contributed by atoms with Crippen molar-refractivity contribution in [2.75, 3.05) is 23.7 Å². The molecule has 4 rings (SSSR count). The molecule has 2 aliphatic heterocycles. The van der Waals surface area contributed by atoms with Crippen LogP contribution in [-0.2, 0) is 46.0 Å². The van der Waals surface area contributed by atoms with Gasteiger partial charge in [-0.2, -0.15) is 21.4 Å². The number of allylic oxidation sites excluding steroid dienone is 6. The number of aliphatic carboxylic acids is 1. The van der Waals surface area contributed by atoms with E-state index in [1.165, 1.54) is 30.3 Å². The summed E-state index contributed by atoms with van der Waals surface area (Å²) >= 11 is 0. The van der Waals surface area contributed by atoms with Crippen LogP contribution in [0.1, 0.15) is 70.9 Å². The van der Waals surface area contributed by atoms with Crippen molar-refractivity contribution in [2.45, 2.75) is 80.4 Å². The number of carboxylic acids is 1. The first-order valence-corrected chi connectivity index (χ1v) is 20.4. The number of rotatable bonds is 15. The van der Waals surface area contributed by atoms with Crippen LogP contribution in [0.2, 0.25) is 0 Å². The molecule has 0 aromatic heterocycles. The molecular weight excluding hydrogens is 748 g/mol. The molecule has 0 fully saturated rings. The summed E-state index contributed by atoms with van der Waals surface area (Å²) in [4.78, 5) is 12.5. The van der Waals surface area contributed by atoms with Crippen molar-refractivity contribution in [1.82, 2.24) is 0 Å². The molecule has 0 radical (unpaired) electrons. The largest absolute Gasteiger partial charge is 1.00 e. The maximum absolute atomic E-state index is 11.9. The Morgan fingerprint density at radius 2 is 1.43 bits per heavy atom. The molecule has 0 amide bonds. The van der Waals surface area contributed by atoms with Gasteiger partial charge < -0.3 is 14.6 Å². The number of hydrogen-bond acceptors (Lipinski definition) is 9. The second-order valence-electron chi connectivity index (χ2n) is 13.4. The maximum Gasteiger partial charge on any atom is 1.00 e. The van der Waals surface area contributed by atoms with Gasteiger partial charge in [0.05, 0.1) is 25.3 Å². The molecule has 0 unspecified atom stereocenters. The SMILES string of the molecule is CC1(C)C(=CC=CC=CC2=[N+](CCCS(=O)(=O)[O-])c3ccc(S(=O)(=O)O)cc3C2(C)C)N(CCCCCC(=O)O)c2ccc(S(=O)(=O)O)cc21.[K+]. The first-order valence-electron chi connectivity index (χ1n) is 15.9. The predicted octanol–water partition coefficient (Wildman–Crippen LogP) is 1.93. The summed E-state index contributed by atoms with van der Waals surface area (Å²) in [5, 5.41) is 8.99. The van der Waals surface area contributed by atoms with Crippen LogP contribution < -0.4 is 56.3 Å². The van der Waals surface area contributed by atoms with Crippen molar-refractivity contribution < 1.29 is 105 Å². The van der Waals surface area contributed by atoms with Crippen molar-refractivity contribution >= 4 is 53.4 Å². The van der Waals surface area contributed by atoms with Gasteiger partial charge in [-0.3, -0.25) is 13.9 Å². The first-order chi connectivity index (χ1) is 23.0. The predicted molar refractivity (Wildman–Crippen MR) is 187 cm³/mol. The van der Waals surface area contributed by atoms with E-state index in [9.17, 15) is 43.7 Å². The monoisotopic (exact) mass is 789 g/mol. The van der Waals surface area contributed by atoms with E-state index in [0.29, 0.717) is 48.3 Å². The molecule has 2 aromatic carbocycles. The number of carboxylic acid groups (broad SMARTS) is 1. The summed E-state index contributed by atoms with van der Waals surface area (Å²) in [7, 11) is -13.4. The Hall–Kier alpha value is -2.03. The van der Waals surface area contributed by atoms with Crippen LogP contribution in [0.4, 0.5) is 11.4 Å².